The molecule has 0 saturated carbocycles. The molecule has 1 saturated heterocycles. The summed E-state index contributed by atoms with van der Waals surface area (Å²) in [4.78, 5) is 0. The van der Waals surface area contributed by atoms with Crippen LogP contribution in [0.1, 0.15) is 20.8 Å². The summed E-state index contributed by atoms with van der Waals surface area (Å²) in [5.74, 6) is 0. The largest absolute Gasteiger partial charge is 0.394 e. The number of hydrogen-bond donors (Lipinski definition) is 4. The van der Waals surface area contributed by atoms with Crippen molar-refractivity contribution >= 4 is 0 Å². The summed E-state index contributed by atoms with van der Waals surface area (Å²) in [6.07, 6.45) is -5.10. The molecule has 0 radical (unpaired) electrons. The Morgan fingerprint density at radius 2 is 1.53 bits per heavy atom. The second-order valence-corrected chi connectivity index (χ2v) is 5.12. The van der Waals surface area contributed by atoms with Gasteiger partial charge < -0.3 is 25.2 Å². The van der Waals surface area contributed by atoms with Gasteiger partial charge in [0.25, 0.3) is 0 Å². The summed E-state index contributed by atoms with van der Waals surface area (Å²) in [7, 11) is 0. The number of ether oxygens (including phenoxy) is 1. The van der Waals surface area contributed by atoms with Gasteiger partial charge in [0.05, 0.1) is 12.7 Å². The first-order valence-electron chi connectivity index (χ1n) is 5.09. The van der Waals surface area contributed by atoms with Crippen LogP contribution in [0.15, 0.2) is 0 Å². The van der Waals surface area contributed by atoms with E-state index in [2.05, 4.69) is 0 Å². The fourth-order valence-electron chi connectivity index (χ4n) is 1.82. The van der Waals surface area contributed by atoms with E-state index in [9.17, 15) is 15.3 Å². The third kappa shape index (κ3) is 2.49. The zero-order chi connectivity index (χ0) is 11.8. The first-order valence-corrected chi connectivity index (χ1v) is 5.09. The standard InChI is InChI=1S/C10H20O5/c1-10(2,3)9-8(14)7(13)6(12)5(4-11)15-9/h5-9,11-14H,4H2,1-3H3/t5-,6-,7?,8-,9?/m1/s1. The molecule has 1 fully saturated rings. The number of hydrogen-bond acceptors (Lipinski definition) is 5. The van der Waals surface area contributed by atoms with Crippen LogP contribution in [0.4, 0.5) is 0 Å². The summed E-state index contributed by atoms with van der Waals surface area (Å²) < 4.78 is 5.38. The molecule has 5 heteroatoms. The molecule has 90 valence electrons. The molecule has 0 spiro atoms. The van der Waals surface area contributed by atoms with E-state index in [0.717, 1.165) is 0 Å². The van der Waals surface area contributed by atoms with E-state index in [-0.39, 0.29) is 12.0 Å². The monoisotopic (exact) mass is 220 g/mol. The molecule has 0 bridgehead atoms. The Balaban J connectivity index is 2.83. The number of rotatable bonds is 1. The van der Waals surface area contributed by atoms with Gasteiger partial charge in [0.2, 0.25) is 0 Å². The Labute approximate surface area is 89.3 Å². The first kappa shape index (κ1) is 12.9. The predicted molar refractivity (Wildman–Crippen MR) is 53.2 cm³/mol. The van der Waals surface area contributed by atoms with Crippen LogP contribution in [0.3, 0.4) is 0 Å². The van der Waals surface area contributed by atoms with Crippen molar-refractivity contribution in [1.29, 1.82) is 0 Å². The maximum absolute atomic E-state index is 9.74. The molecule has 0 amide bonds. The molecular weight excluding hydrogens is 200 g/mol. The van der Waals surface area contributed by atoms with Gasteiger partial charge in [0.1, 0.15) is 24.4 Å². The maximum Gasteiger partial charge on any atom is 0.111 e. The highest BCUT2D eigenvalue weighted by atomic mass is 16.5. The average Bonchev–Trinajstić information content (AvgIpc) is 2.13. The molecule has 0 aromatic heterocycles. The van der Waals surface area contributed by atoms with Gasteiger partial charge in [0, 0.05) is 0 Å². The predicted octanol–water partition coefficient (Wildman–Crippen LogP) is -1.13. The molecule has 4 N–H and O–H groups in total. The topological polar surface area (TPSA) is 90.2 Å². The highest BCUT2D eigenvalue weighted by Crippen LogP contribution is 2.32. The molecule has 1 aliphatic rings. The number of aliphatic hydroxyl groups excluding tert-OH is 4. The van der Waals surface area contributed by atoms with Crippen molar-refractivity contribution in [3.05, 3.63) is 0 Å². The van der Waals surface area contributed by atoms with Crippen LogP contribution in [-0.4, -0.2) is 57.6 Å². The first-order chi connectivity index (χ1) is 6.79. The van der Waals surface area contributed by atoms with Crippen LogP contribution >= 0.6 is 0 Å². The van der Waals surface area contributed by atoms with Gasteiger partial charge in [-0.15, -0.1) is 0 Å². The minimum Gasteiger partial charge on any atom is -0.394 e. The summed E-state index contributed by atoms with van der Waals surface area (Å²) >= 11 is 0. The highest BCUT2D eigenvalue weighted by molar-refractivity contribution is 4.96. The van der Waals surface area contributed by atoms with E-state index in [1.54, 1.807) is 0 Å². The van der Waals surface area contributed by atoms with Gasteiger partial charge in [0.15, 0.2) is 0 Å². The van der Waals surface area contributed by atoms with E-state index in [1.807, 2.05) is 20.8 Å². The Hall–Kier alpha value is -0.200. The molecule has 0 aliphatic carbocycles. The fraction of sp³-hybridized carbons (Fsp3) is 1.00. The minimum atomic E-state index is -1.28. The second-order valence-electron chi connectivity index (χ2n) is 5.12. The lowest BCUT2D eigenvalue weighted by molar-refractivity contribution is -0.250. The maximum atomic E-state index is 9.74. The Morgan fingerprint density at radius 1 is 1.00 bits per heavy atom. The van der Waals surface area contributed by atoms with E-state index < -0.39 is 30.5 Å². The minimum absolute atomic E-state index is 0.367. The van der Waals surface area contributed by atoms with Crippen LogP contribution in [-0.2, 0) is 4.74 Å². The SMILES string of the molecule is CC(C)(C)C1O[C@H](CO)[C@@H](O)C(O)[C@H]1O. The van der Waals surface area contributed by atoms with Crippen molar-refractivity contribution in [3.63, 3.8) is 0 Å². The zero-order valence-corrected chi connectivity index (χ0v) is 9.29. The van der Waals surface area contributed by atoms with E-state index in [0.29, 0.717) is 0 Å². The van der Waals surface area contributed by atoms with Crippen LogP contribution < -0.4 is 0 Å². The van der Waals surface area contributed by atoms with Crippen molar-refractivity contribution in [2.24, 2.45) is 5.41 Å². The Morgan fingerprint density at radius 3 is 1.93 bits per heavy atom. The highest BCUT2D eigenvalue weighted by Gasteiger charge is 2.47. The smallest absolute Gasteiger partial charge is 0.111 e. The molecule has 1 aliphatic heterocycles. The average molecular weight is 220 g/mol. The molecule has 0 aromatic carbocycles. The van der Waals surface area contributed by atoms with Gasteiger partial charge >= 0.3 is 0 Å². The lowest BCUT2D eigenvalue weighted by Gasteiger charge is -2.45. The van der Waals surface area contributed by atoms with Gasteiger partial charge in [-0.25, -0.2) is 0 Å². The molecule has 1 heterocycles. The Kier molecular flexibility index (Phi) is 3.73. The third-order valence-electron chi connectivity index (χ3n) is 2.75. The van der Waals surface area contributed by atoms with Crippen LogP contribution in [0.2, 0.25) is 0 Å². The van der Waals surface area contributed by atoms with Crippen LogP contribution in [0.25, 0.3) is 0 Å². The Bertz CT molecular complexity index is 210. The second kappa shape index (κ2) is 4.35. The molecule has 1 rings (SSSR count). The van der Waals surface area contributed by atoms with Crippen molar-refractivity contribution in [1.82, 2.24) is 0 Å². The van der Waals surface area contributed by atoms with Crippen LogP contribution in [0, 0.1) is 5.41 Å². The van der Waals surface area contributed by atoms with Gasteiger partial charge in [-0.3, -0.25) is 0 Å². The van der Waals surface area contributed by atoms with E-state index >= 15 is 0 Å². The van der Waals surface area contributed by atoms with Gasteiger partial charge in [-0.05, 0) is 5.41 Å². The molecule has 15 heavy (non-hydrogen) atoms. The normalized spacial score (nSPS) is 43.0. The summed E-state index contributed by atoms with van der Waals surface area (Å²) in [5, 5.41) is 37.8. The van der Waals surface area contributed by atoms with E-state index in [1.165, 1.54) is 0 Å². The summed E-state index contributed by atoms with van der Waals surface area (Å²) in [6.45, 7) is 5.21. The molecular formula is C10H20O5. The molecule has 0 aromatic rings. The van der Waals surface area contributed by atoms with Crippen LogP contribution in [0.5, 0.6) is 0 Å². The lowest BCUT2D eigenvalue weighted by Crippen LogP contribution is -2.61. The zero-order valence-electron chi connectivity index (χ0n) is 9.29. The summed E-state index contributed by atoms with van der Waals surface area (Å²) in [5.41, 5.74) is -0.367. The fourth-order valence-corrected chi connectivity index (χ4v) is 1.82. The van der Waals surface area contributed by atoms with Crippen molar-refractivity contribution in [2.75, 3.05) is 6.61 Å². The van der Waals surface area contributed by atoms with Gasteiger partial charge in [-0.2, -0.15) is 0 Å². The van der Waals surface area contributed by atoms with Crippen molar-refractivity contribution < 1.29 is 25.2 Å². The lowest BCUT2D eigenvalue weighted by atomic mass is 9.80. The van der Waals surface area contributed by atoms with Crippen molar-refractivity contribution in [2.45, 2.75) is 51.3 Å². The molecule has 2 unspecified atom stereocenters. The van der Waals surface area contributed by atoms with E-state index in [4.69, 9.17) is 9.84 Å². The molecule has 5 atom stereocenters. The molecule has 5 nitrogen and oxygen atoms in total. The number of aliphatic hydroxyl groups is 4. The van der Waals surface area contributed by atoms with Gasteiger partial charge in [-0.1, -0.05) is 20.8 Å². The quantitative estimate of drug-likeness (QED) is 0.449. The third-order valence-corrected chi connectivity index (χ3v) is 2.75. The summed E-state index contributed by atoms with van der Waals surface area (Å²) in [6, 6.07) is 0. The van der Waals surface area contributed by atoms with Crippen molar-refractivity contribution in [3.8, 4) is 0 Å².